The second kappa shape index (κ2) is 7.42. The Morgan fingerprint density at radius 2 is 1.62 bits per heavy atom. The molecule has 2 aliphatic heterocycles. The smallest absolute Gasteiger partial charge is 0.235 e. The number of carbonyl (C=O) groups is 2. The number of likely N-dealkylation sites (tertiary alicyclic amines) is 1. The third kappa shape index (κ3) is 3.37. The number of hydrogen-bond donors (Lipinski definition) is 0. The van der Waals surface area contributed by atoms with Crippen LogP contribution in [0.1, 0.15) is 45.6 Å². The zero-order valence-electron chi connectivity index (χ0n) is 18.4. The van der Waals surface area contributed by atoms with E-state index in [0.717, 1.165) is 52.0 Å². The van der Waals surface area contributed by atoms with E-state index in [9.17, 15) is 9.59 Å². The van der Waals surface area contributed by atoms with Crippen molar-refractivity contribution in [2.45, 2.75) is 47.0 Å². The maximum absolute atomic E-state index is 13.1. The first kappa shape index (κ1) is 20.4. The van der Waals surface area contributed by atoms with Gasteiger partial charge in [0.05, 0.1) is 5.41 Å². The van der Waals surface area contributed by atoms with Crippen molar-refractivity contribution in [2.75, 3.05) is 44.2 Å². The molecular weight excluding hydrogens is 362 g/mol. The van der Waals surface area contributed by atoms with Crippen LogP contribution in [0.5, 0.6) is 0 Å². The van der Waals surface area contributed by atoms with Crippen molar-refractivity contribution in [3.05, 3.63) is 29.8 Å². The van der Waals surface area contributed by atoms with Gasteiger partial charge in [-0.15, -0.1) is 0 Å². The molecule has 1 aromatic carbocycles. The highest BCUT2D eigenvalue weighted by molar-refractivity contribution is 6.03. The number of piperazine rings is 1. The number of aryl methyl sites for hydroxylation is 1. The molecule has 1 aliphatic carbocycles. The van der Waals surface area contributed by atoms with Gasteiger partial charge in [-0.1, -0.05) is 38.5 Å². The lowest BCUT2D eigenvalue weighted by Crippen LogP contribution is -2.59. The van der Waals surface area contributed by atoms with E-state index in [1.807, 2.05) is 0 Å². The van der Waals surface area contributed by atoms with E-state index in [0.29, 0.717) is 6.54 Å². The zero-order chi connectivity index (χ0) is 20.8. The van der Waals surface area contributed by atoms with Crippen LogP contribution < -0.4 is 4.90 Å². The summed E-state index contributed by atoms with van der Waals surface area (Å²) in [7, 11) is 0. The fraction of sp³-hybridized carbons (Fsp3) is 0.667. The van der Waals surface area contributed by atoms with Crippen molar-refractivity contribution in [1.29, 1.82) is 0 Å². The predicted octanol–water partition coefficient (Wildman–Crippen LogP) is 3.32. The molecule has 2 saturated heterocycles. The van der Waals surface area contributed by atoms with Crippen LogP contribution in [0.25, 0.3) is 0 Å². The summed E-state index contributed by atoms with van der Waals surface area (Å²) in [5.74, 6) is 0.132. The molecule has 4 rings (SSSR count). The van der Waals surface area contributed by atoms with E-state index < -0.39 is 0 Å². The highest BCUT2D eigenvalue weighted by atomic mass is 16.2. The molecule has 0 N–H and O–H groups in total. The first-order chi connectivity index (χ1) is 13.7. The lowest BCUT2D eigenvalue weighted by atomic mass is 9.62. The van der Waals surface area contributed by atoms with Gasteiger partial charge in [-0.25, -0.2) is 0 Å². The molecule has 0 spiro atoms. The molecule has 5 heteroatoms. The molecule has 1 saturated carbocycles. The van der Waals surface area contributed by atoms with E-state index in [-0.39, 0.29) is 28.6 Å². The van der Waals surface area contributed by atoms with Gasteiger partial charge in [-0.05, 0) is 50.3 Å². The number of anilines is 1. The second-order valence-corrected chi connectivity index (χ2v) is 9.96. The monoisotopic (exact) mass is 397 g/mol. The molecule has 2 bridgehead atoms. The summed E-state index contributed by atoms with van der Waals surface area (Å²) in [5, 5.41) is 0. The van der Waals surface area contributed by atoms with E-state index in [2.05, 4.69) is 61.8 Å². The van der Waals surface area contributed by atoms with Gasteiger partial charge in [-0.3, -0.25) is 19.4 Å². The highest BCUT2D eigenvalue weighted by Gasteiger charge is 2.64. The van der Waals surface area contributed by atoms with Crippen LogP contribution in [0.4, 0.5) is 5.69 Å². The third-order valence-corrected chi connectivity index (χ3v) is 8.14. The zero-order valence-corrected chi connectivity index (χ0v) is 18.4. The number of rotatable bonds is 5. The normalized spacial score (nSPS) is 29.6. The predicted molar refractivity (Wildman–Crippen MR) is 116 cm³/mol. The average molecular weight is 398 g/mol. The quantitative estimate of drug-likeness (QED) is 0.715. The van der Waals surface area contributed by atoms with E-state index in [1.165, 1.54) is 11.3 Å². The molecule has 0 aromatic heterocycles. The number of nitrogens with zero attached hydrogens (tertiary/aromatic N) is 3. The Kier molecular flexibility index (Phi) is 5.22. The summed E-state index contributed by atoms with van der Waals surface area (Å²) in [6.07, 6.45) is 2.56. The largest absolute Gasteiger partial charge is 0.369 e. The summed E-state index contributed by atoms with van der Waals surface area (Å²) >= 11 is 0. The average Bonchev–Trinajstić information content (AvgIpc) is 2.89. The van der Waals surface area contributed by atoms with Gasteiger partial charge in [0.2, 0.25) is 11.8 Å². The fourth-order valence-electron chi connectivity index (χ4n) is 5.55. The molecular formula is C24H35N3O2. The Bertz CT molecular complexity index is 780. The molecule has 2 heterocycles. The topological polar surface area (TPSA) is 43.9 Å². The van der Waals surface area contributed by atoms with Crippen LogP contribution >= 0.6 is 0 Å². The number of carbonyl (C=O) groups excluding carboxylic acids is 2. The van der Waals surface area contributed by atoms with Crippen LogP contribution in [0, 0.1) is 23.7 Å². The van der Waals surface area contributed by atoms with Crippen LogP contribution in [-0.4, -0.2) is 60.9 Å². The minimum atomic E-state index is -0.384. The van der Waals surface area contributed by atoms with Crippen LogP contribution in [-0.2, 0) is 9.59 Å². The van der Waals surface area contributed by atoms with Gasteiger partial charge in [-0.2, -0.15) is 0 Å². The number of benzene rings is 1. The fourth-order valence-corrected chi connectivity index (χ4v) is 5.55. The second-order valence-electron chi connectivity index (χ2n) is 9.96. The maximum Gasteiger partial charge on any atom is 0.235 e. The molecule has 2 unspecified atom stereocenters. The lowest BCUT2D eigenvalue weighted by molar-refractivity contribution is -0.167. The molecule has 1 aromatic rings. The van der Waals surface area contributed by atoms with Crippen molar-refractivity contribution >= 4 is 17.5 Å². The molecule has 0 radical (unpaired) electrons. The minimum Gasteiger partial charge on any atom is -0.369 e. The Labute approximate surface area is 175 Å². The molecule has 158 valence electrons. The van der Waals surface area contributed by atoms with Crippen molar-refractivity contribution in [3.8, 4) is 0 Å². The molecule has 5 nitrogen and oxygen atoms in total. The number of piperidine rings is 1. The van der Waals surface area contributed by atoms with Gasteiger partial charge in [0.25, 0.3) is 0 Å². The Hall–Kier alpha value is -1.88. The van der Waals surface area contributed by atoms with Gasteiger partial charge in [0, 0.05) is 44.3 Å². The molecule has 3 aliphatic rings. The Morgan fingerprint density at radius 1 is 0.966 bits per heavy atom. The molecule has 29 heavy (non-hydrogen) atoms. The van der Waals surface area contributed by atoms with Gasteiger partial charge < -0.3 is 4.90 Å². The van der Waals surface area contributed by atoms with Crippen molar-refractivity contribution in [2.24, 2.45) is 16.7 Å². The first-order valence-corrected chi connectivity index (χ1v) is 11.1. The van der Waals surface area contributed by atoms with Gasteiger partial charge in [0.1, 0.15) is 0 Å². The van der Waals surface area contributed by atoms with Crippen LogP contribution in [0.3, 0.4) is 0 Å². The van der Waals surface area contributed by atoms with E-state index >= 15 is 0 Å². The highest BCUT2D eigenvalue weighted by Crippen LogP contribution is 2.60. The van der Waals surface area contributed by atoms with Gasteiger partial charge in [0.15, 0.2) is 0 Å². The summed E-state index contributed by atoms with van der Waals surface area (Å²) < 4.78 is 0. The van der Waals surface area contributed by atoms with Gasteiger partial charge >= 0.3 is 0 Å². The first-order valence-electron chi connectivity index (χ1n) is 11.1. The summed E-state index contributed by atoms with van der Waals surface area (Å²) in [6, 6.07) is 8.75. The van der Waals surface area contributed by atoms with Crippen LogP contribution in [0.15, 0.2) is 24.3 Å². The van der Waals surface area contributed by atoms with E-state index in [1.54, 1.807) is 4.90 Å². The summed E-state index contributed by atoms with van der Waals surface area (Å²) in [5.41, 5.74) is 1.99. The SMILES string of the molecule is Cc1ccc(N2CCN(CCCN3C(=O)C4CCC(C)(C3=O)C4(C)C)CC2)cc1. The third-order valence-electron chi connectivity index (χ3n) is 8.14. The number of amides is 2. The standard InChI is InChI=1S/C24H35N3O2/c1-18-6-8-19(9-7-18)26-16-14-25(15-17-26)12-5-13-27-21(28)20-10-11-24(4,22(27)29)23(20,2)3/h6-9,20H,5,10-17H2,1-4H3. The lowest BCUT2D eigenvalue weighted by Gasteiger charge is -2.47. The summed E-state index contributed by atoms with van der Waals surface area (Å²) in [6.45, 7) is 14.0. The van der Waals surface area contributed by atoms with E-state index in [4.69, 9.17) is 0 Å². The van der Waals surface area contributed by atoms with Crippen molar-refractivity contribution in [1.82, 2.24) is 9.80 Å². The Balaban J connectivity index is 1.28. The Morgan fingerprint density at radius 3 is 2.28 bits per heavy atom. The van der Waals surface area contributed by atoms with Crippen LogP contribution in [0.2, 0.25) is 0 Å². The summed E-state index contributed by atoms with van der Waals surface area (Å²) in [4.78, 5) is 32.6. The number of fused-ring (bicyclic) bond motifs is 2. The van der Waals surface area contributed by atoms with Crippen molar-refractivity contribution in [3.63, 3.8) is 0 Å². The molecule has 2 amide bonds. The molecule has 3 fully saturated rings. The molecule has 2 atom stereocenters. The maximum atomic E-state index is 13.1. The van der Waals surface area contributed by atoms with Crippen molar-refractivity contribution < 1.29 is 9.59 Å². The minimum absolute atomic E-state index is 0.00301. The number of hydrogen-bond acceptors (Lipinski definition) is 4. The number of imide groups is 1.